The molecule has 0 bridgehead atoms. The lowest BCUT2D eigenvalue weighted by Gasteiger charge is -2.07. The molecule has 0 aliphatic heterocycles. The van der Waals surface area contributed by atoms with Crippen LogP contribution in [0.1, 0.15) is 0 Å². The third-order valence-corrected chi connectivity index (χ3v) is 0.902. The fourth-order valence-electron chi connectivity index (χ4n) is 0.491. The van der Waals surface area contributed by atoms with Gasteiger partial charge in [0.05, 0.1) is 12.4 Å². The largest absolute Gasteiger partial charge is 0.481 e. The number of alkyl halides is 3. The van der Waals surface area contributed by atoms with E-state index in [0.29, 0.717) is 0 Å². The van der Waals surface area contributed by atoms with E-state index < -0.39 is 12.8 Å². The van der Waals surface area contributed by atoms with E-state index in [1.165, 1.54) is 0 Å². The zero-order chi connectivity index (χ0) is 9.03. The summed E-state index contributed by atoms with van der Waals surface area (Å²) in [4.78, 5) is 6.71. The van der Waals surface area contributed by atoms with E-state index >= 15 is 0 Å². The Kier molecular flexibility index (Phi) is 2.47. The second-order valence-electron chi connectivity index (χ2n) is 1.92. The van der Waals surface area contributed by atoms with Crippen molar-refractivity contribution in [3.8, 4) is 5.75 Å². The van der Waals surface area contributed by atoms with Crippen molar-refractivity contribution in [2.24, 2.45) is 0 Å². The van der Waals surface area contributed by atoms with Crippen LogP contribution in [0.25, 0.3) is 0 Å². The van der Waals surface area contributed by atoms with Crippen LogP contribution in [0.5, 0.6) is 5.75 Å². The van der Waals surface area contributed by atoms with Gasteiger partial charge in [-0.1, -0.05) is 0 Å². The Balaban J connectivity index is 2.44. The lowest BCUT2D eigenvalue weighted by atomic mass is 10.6. The van der Waals surface area contributed by atoms with Crippen molar-refractivity contribution >= 4 is 0 Å². The number of aromatic nitrogens is 2. The van der Waals surface area contributed by atoms with Crippen LogP contribution in [0.4, 0.5) is 13.2 Å². The summed E-state index contributed by atoms with van der Waals surface area (Å²) < 4.78 is 39.0. The molecule has 0 aliphatic rings. The maximum Gasteiger partial charge on any atom is 0.422 e. The van der Waals surface area contributed by atoms with Gasteiger partial charge >= 0.3 is 6.18 Å². The molecule has 0 saturated carbocycles. The molecule has 6 heteroatoms. The molecule has 0 unspecified atom stereocenters. The van der Waals surface area contributed by atoms with Crippen molar-refractivity contribution in [3.05, 3.63) is 18.7 Å². The molecule has 1 rings (SSSR count). The SMILES string of the molecule is FC(F)(F)COc1cn[c]nc1. The first-order chi connectivity index (χ1) is 5.58. The Hall–Kier alpha value is -1.33. The van der Waals surface area contributed by atoms with Crippen molar-refractivity contribution in [1.29, 1.82) is 0 Å². The average Bonchev–Trinajstić information content (AvgIpc) is 2.02. The molecule has 0 aliphatic carbocycles. The third-order valence-electron chi connectivity index (χ3n) is 0.902. The second kappa shape index (κ2) is 3.38. The van der Waals surface area contributed by atoms with Crippen LogP contribution < -0.4 is 4.74 Å². The lowest BCUT2D eigenvalue weighted by molar-refractivity contribution is -0.153. The van der Waals surface area contributed by atoms with Crippen LogP contribution in [-0.2, 0) is 0 Å². The van der Waals surface area contributed by atoms with E-state index in [1.54, 1.807) is 0 Å². The van der Waals surface area contributed by atoms with Crippen LogP contribution in [0.2, 0.25) is 0 Å². The van der Waals surface area contributed by atoms with Crippen LogP contribution in [0, 0.1) is 6.33 Å². The molecule has 1 radical (unpaired) electrons. The van der Waals surface area contributed by atoms with Gasteiger partial charge in [0.1, 0.15) is 0 Å². The maximum atomic E-state index is 11.6. The molecule has 65 valence electrons. The van der Waals surface area contributed by atoms with Gasteiger partial charge in [0.2, 0.25) is 0 Å². The molecule has 0 fully saturated rings. The Morgan fingerprint density at radius 3 is 2.42 bits per heavy atom. The first kappa shape index (κ1) is 8.76. The number of nitrogens with zero attached hydrogens (tertiary/aromatic N) is 2. The van der Waals surface area contributed by atoms with Gasteiger partial charge in [0.15, 0.2) is 18.7 Å². The topological polar surface area (TPSA) is 35.0 Å². The molecular weight excluding hydrogens is 173 g/mol. The summed E-state index contributed by atoms with van der Waals surface area (Å²) in [6.07, 6.45) is 0.0546. The highest BCUT2D eigenvalue weighted by Crippen LogP contribution is 2.16. The van der Waals surface area contributed by atoms with Crippen molar-refractivity contribution in [1.82, 2.24) is 9.97 Å². The van der Waals surface area contributed by atoms with Crippen molar-refractivity contribution < 1.29 is 17.9 Å². The van der Waals surface area contributed by atoms with E-state index in [0.717, 1.165) is 12.4 Å². The maximum absolute atomic E-state index is 11.6. The number of rotatable bonds is 2. The summed E-state index contributed by atoms with van der Waals surface area (Å²) in [6.45, 7) is -1.33. The van der Waals surface area contributed by atoms with Gasteiger partial charge in [0.25, 0.3) is 0 Å². The van der Waals surface area contributed by atoms with Gasteiger partial charge in [-0.25, -0.2) is 9.97 Å². The molecular formula is C6H4F3N2O. The molecule has 0 spiro atoms. The Labute approximate surface area is 66.2 Å². The van der Waals surface area contributed by atoms with E-state index in [-0.39, 0.29) is 5.75 Å². The number of hydrogen-bond acceptors (Lipinski definition) is 3. The minimum absolute atomic E-state index is 0.0222. The zero-order valence-electron chi connectivity index (χ0n) is 5.80. The predicted molar refractivity (Wildman–Crippen MR) is 32.4 cm³/mol. The summed E-state index contributed by atoms with van der Waals surface area (Å²) in [7, 11) is 0. The van der Waals surface area contributed by atoms with Gasteiger partial charge in [0, 0.05) is 0 Å². The molecule has 12 heavy (non-hydrogen) atoms. The van der Waals surface area contributed by atoms with Crippen molar-refractivity contribution in [2.45, 2.75) is 6.18 Å². The van der Waals surface area contributed by atoms with Gasteiger partial charge in [-0.3, -0.25) is 0 Å². The molecule has 0 saturated heterocycles. The first-order valence-electron chi connectivity index (χ1n) is 2.95. The molecule has 1 aromatic heterocycles. The summed E-state index contributed by atoms with van der Waals surface area (Å²) >= 11 is 0. The standard InChI is InChI=1S/C6H4F3N2O/c7-6(8,9)3-12-5-1-10-4-11-2-5/h1-2H,3H2. The van der Waals surface area contributed by atoms with Crippen molar-refractivity contribution in [2.75, 3.05) is 6.61 Å². The molecule has 1 aromatic rings. The summed E-state index contributed by atoms with van der Waals surface area (Å²) in [5, 5.41) is 0. The number of halogens is 3. The van der Waals surface area contributed by atoms with Gasteiger partial charge in [-0.05, 0) is 0 Å². The fraction of sp³-hybridized carbons (Fsp3) is 0.333. The minimum atomic E-state index is -4.33. The van der Waals surface area contributed by atoms with E-state index in [9.17, 15) is 13.2 Å². The first-order valence-corrected chi connectivity index (χ1v) is 2.95. The predicted octanol–water partition coefficient (Wildman–Crippen LogP) is 1.22. The Morgan fingerprint density at radius 2 is 1.92 bits per heavy atom. The van der Waals surface area contributed by atoms with E-state index in [1.807, 2.05) is 0 Å². The van der Waals surface area contributed by atoms with Crippen LogP contribution in [-0.4, -0.2) is 22.8 Å². The fourth-order valence-corrected chi connectivity index (χ4v) is 0.491. The quantitative estimate of drug-likeness (QED) is 0.681. The number of hydrogen-bond donors (Lipinski definition) is 0. The van der Waals surface area contributed by atoms with Gasteiger partial charge in [-0.2, -0.15) is 13.2 Å². The third kappa shape index (κ3) is 3.18. The van der Waals surface area contributed by atoms with E-state index in [4.69, 9.17) is 0 Å². The van der Waals surface area contributed by atoms with Crippen LogP contribution >= 0.6 is 0 Å². The Bertz CT molecular complexity index is 236. The molecule has 0 N–H and O–H groups in total. The molecule has 0 amide bonds. The zero-order valence-corrected chi connectivity index (χ0v) is 5.80. The molecule has 1 heterocycles. The van der Waals surface area contributed by atoms with Gasteiger partial charge < -0.3 is 4.74 Å². The average molecular weight is 177 g/mol. The minimum Gasteiger partial charge on any atom is -0.481 e. The molecule has 3 nitrogen and oxygen atoms in total. The highest BCUT2D eigenvalue weighted by atomic mass is 19.4. The summed E-state index contributed by atoms with van der Waals surface area (Å²) in [6, 6.07) is 0. The normalized spacial score (nSPS) is 11.2. The monoisotopic (exact) mass is 177 g/mol. The molecule has 0 aromatic carbocycles. The highest BCUT2D eigenvalue weighted by molar-refractivity contribution is 5.09. The summed E-state index contributed by atoms with van der Waals surface area (Å²) in [5.41, 5.74) is 0. The molecule has 0 atom stereocenters. The Morgan fingerprint density at radius 1 is 1.33 bits per heavy atom. The highest BCUT2D eigenvalue weighted by Gasteiger charge is 2.28. The second-order valence-corrected chi connectivity index (χ2v) is 1.92. The van der Waals surface area contributed by atoms with Crippen molar-refractivity contribution in [3.63, 3.8) is 0 Å². The number of ether oxygens (including phenoxy) is 1. The summed E-state index contributed by atoms with van der Waals surface area (Å²) in [5.74, 6) is -0.0222. The van der Waals surface area contributed by atoms with Crippen LogP contribution in [0.15, 0.2) is 12.4 Å². The van der Waals surface area contributed by atoms with Gasteiger partial charge in [-0.15, -0.1) is 0 Å². The smallest absolute Gasteiger partial charge is 0.422 e. The van der Waals surface area contributed by atoms with Crippen LogP contribution in [0.3, 0.4) is 0 Å². The van der Waals surface area contributed by atoms with E-state index in [2.05, 4.69) is 21.0 Å². The lowest BCUT2D eigenvalue weighted by Crippen LogP contribution is -2.19.